The summed E-state index contributed by atoms with van der Waals surface area (Å²) in [5, 5.41) is 21.2. The number of aryl methyl sites for hydroxylation is 1. The number of aromatic nitrogens is 5. The second kappa shape index (κ2) is 8.03. The highest BCUT2D eigenvalue weighted by molar-refractivity contribution is 9.10. The van der Waals surface area contributed by atoms with Crippen LogP contribution >= 0.6 is 15.9 Å². The van der Waals surface area contributed by atoms with E-state index in [2.05, 4.69) is 36.4 Å². The number of nitrogens with one attached hydrogen (secondary N) is 1. The molecule has 0 aliphatic heterocycles. The Bertz CT molecular complexity index is 987. The summed E-state index contributed by atoms with van der Waals surface area (Å²) in [6.07, 6.45) is 2.88. The second-order valence-electron chi connectivity index (χ2n) is 5.51. The lowest BCUT2D eigenvalue weighted by atomic mass is 10.2. The third-order valence-electron chi connectivity index (χ3n) is 3.46. The van der Waals surface area contributed by atoms with Gasteiger partial charge in [-0.15, -0.1) is 5.10 Å². The van der Waals surface area contributed by atoms with E-state index in [1.165, 1.54) is 34.0 Å². The van der Waals surface area contributed by atoms with E-state index >= 15 is 0 Å². The first-order valence-electron chi connectivity index (χ1n) is 7.72. The van der Waals surface area contributed by atoms with Gasteiger partial charge in [-0.05, 0) is 38.5 Å². The van der Waals surface area contributed by atoms with Crippen molar-refractivity contribution in [2.24, 2.45) is 0 Å². The third kappa shape index (κ3) is 4.94. The lowest BCUT2D eigenvalue weighted by Crippen LogP contribution is -2.16. The van der Waals surface area contributed by atoms with Crippen molar-refractivity contribution in [1.82, 2.24) is 24.5 Å². The summed E-state index contributed by atoms with van der Waals surface area (Å²) in [6.45, 7) is 0.466. The maximum absolute atomic E-state index is 13.2. The van der Waals surface area contributed by atoms with Gasteiger partial charge < -0.3 is 10.1 Å². The average molecular weight is 438 g/mol. The Morgan fingerprint density at radius 2 is 2.15 bits per heavy atom. The van der Waals surface area contributed by atoms with Gasteiger partial charge in [0.2, 0.25) is 11.9 Å². The molecular formula is C15H13BrFN7O3. The Kier molecular flexibility index (Phi) is 5.54. The van der Waals surface area contributed by atoms with Gasteiger partial charge in [0.25, 0.3) is 0 Å². The Labute approximate surface area is 160 Å². The molecule has 0 unspecified atom stereocenters. The van der Waals surface area contributed by atoms with Crippen molar-refractivity contribution in [3.63, 3.8) is 0 Å². The quantitative estimate of drug-likeness (QED) is 0.447. The first-order valence-corrected chi connectivity index (χ1v) is 8.51. The van der Waals surface area contributed by atoms with Crippen molar-refractivity contribution in [3.8, 4) is 0 Å². The van der Waals surface area contributed by atoms with Crippen LogP contribution in [-0.4, -0.2) is 35.4 Å². The molecule has 0 saturated carbocycles. The zero-order chi connectivity index (χ0) is 19.4. The minimum Gasteiger partial charge on any atom is -0.358 e. The number of rotatable bonds is 7. The van der Waals surface area contributed by atoms with Crippen LogP contribution in [0.15, 0.2) is 41.3 Å². The fraction of sp³-hybridized carbons (Fsp3) is 0.200. The molecule has 12 heteroatoms. The SMILES string of the molecule is O=C(CCn1cc(Br)c([N+](=O)[O-])n1)Nc1ncn(Cc2cccc(F)c2)n1. The Hall–Kier alpha value is -3.15. The summed E-state index contributed by atoms with van der Waals surface area (Å²) < 4.78 is 16.2. The number of nitro groups is 1. The van der Waals surface area contributed by atoms with E-state index in [9.17, 15) is 19.3 Å². The minimum atomic E-state index is -0.615. The maximum atomic E-state index is 13.2. The molecule has 3 rings (SSSR count). The van der Waals surface area contributed by atoms with E-state index in [4.69, 9.17) is 0 Å². The molecule has 0 fully saturated rings. The van der Waals surface area contributed by atoms with Crippen LogP contribution in [0, 0.1) is 15.9 Å². The summed E-state index contributed by atoms with van der Waals surface area (Å²) in [6, 6.07) is 6.09. The first-order chi connectivity index (χ1) is 12.9. The predicted molar refractivity (Wildman–Crippen MR) is 95.4 cm³/mol. The van der Waals surface area contributed by atoms with Gasteiger partial charge in [0.1, 0.15) is 16.6 Å². The molecule has 0 saturated heterocycles. The van der Waals surface area contributed by atoms with Crippen LogP contribution in [0.25, 0.3) is 0 Å². The van der Waals surface area contributed by atoms with Gasteiger partial charge in [-0.1, -0.05) is 12.1 Å². The van der Waals surface area contributed by atoms with Crippen LogP contribution in [0.3, 0.4) is 0 Å². The Morgan fingerprint density at radius 1 is 1.33 bits per heavy atom. The van der Waals surface area contributed by atoms with Gasteiger partial charge in [0, 0.05) is 6.42 Å². The molecule has 3 aromatic rings. The highest BCUT2D eigenvalue weighted by atomic mass is 79.9. The Balaban J connectivity index is 1.53. The van der Waals surface area contributed by atoms with E-state index in [1.54, 1.807) is 12.1 Å². The normalized spacial score (nSPS) is 10.7. The summed E-state index contributed by atoms with van der Waals surface area (Å²) in [5.41, 5.74) is 0.712. The molecule has 1 N–H and O–H groups in total. The van der Waals surface area contributed by atoms with Crippen molar-refractivity contribution in [2.75, 3.05) is 5.32 Å². The van der Waals surface area contributed by atoms with Gasteiger partial charge >= 0.3 is 5.82 Å². The smallest absolute Gasteiger partial charge is 0.358 e. The molecule has 0 radical (unpaired) electrons. The molecule has 0 bridgehead atoms. The summed E-state index contributed by atoms with van der Waals surface area (Å²) in [4.78, 5) is 26.1. The number of amides is 1. The number of carbonyl (C=O) groups excluding carboxylic acids is 1. The van der Waals surface area contributed by atoms with E-state index in [1.807, 2.05) is 0 Å². The maximum Gasteiger partial charge on any atom is 0.404 e. The number of benzene rings is 1. The van der Waals surface area contributed by atoms with E-state index in [0.29, 0.717) is 12.1 Å². The topological polar surface area (TPSA) is 121 Å². The van der Waals surface area contributed by atoms with Crippen molar-refractivity contribution in [3.05, 3.63) is 62.8 Å². The van der Waals surface area contributed by atoms with Gasteiger partial charge in [-0.25, -0.2) is 14.1 Å². The number of carbonyl (C=O) groups is 1. The highest BCUT2D eigenvalue weighted by Gasteiger charge is 2.19. The second-order valence-corrected chi connectivity index (χ2v) is 6.37. The standard InChI is InChI=1S/C15H13BrFN7O3/c16-12-8-22(20-14(12)24(26)27)5-4-13(25)19-15-18-9-23(21-15)7-10-2-1-3-11(17)6-10/h1-3,6,8-9H,4-5,7H2,(H,19,21,25). The summed E-state index contributed by atoms with van der Waals surface area (Å²) in [7, 11) is 0. The highest BCUT2D eigenvalue weighted by Crippen LogP contribution is 2.22. The number of nitrogens with zero attached hydrogens (tertiary/aromatic N) is 6. The minimum absolute atomic E-state index is 0.0315. The van der Waals surface area contributed by atoms with Crippen molar-refractivity contribution < 1.29 is 14.1 Å². The van der Waals surface area contributed by atoms with Crippen LogP contribution in [0.4, 0.5) is 16.2 Å². The largest absolute Gasteiger partial charge is 0.404 e. The van der Waals surface area contributed by atoms with Crippen LogP contribution in [0.5, 0.6) is 0 Å². The van der Waals surface area contributed by atoms with Crippen LogP contribution in [0.2, 0.25) is 0 Å². The van der Waals surface area contributed by atoms with E-state index < -0.39 is 4.92 Å². The van der Waals surface area contributed by atoms with Crippen LogP contribution in [0.1, 0.15) is 12.0 Å². The van der Waals surface area contributed by atoms with Gasteiger partial charge in [-0.2, -0.15) is 4.68 Å². The molecule has 140 valence electrons. The molecule has 2 aromatic heterocycles. The molecule has 1 aromatic carbocycles. The average Bonchev–Trinajstić information content (AvgIpc) is 3.19. The van der Waals surface area contributed by atoms with Gasteiger partial charge in [0.05, 0.1) is 24.4 Å². The van der Waals surface area contributed by atoms with Gasteiger partial charge in [-0.3, -0.25) is 10.1 Å². The molecular weight excluding hydrogens is 425 g/mol. The molecule has 0 aliphatic carbocycles. The lowest BCUT2D eigenvalue weighted by molar-refractivity contribution is -0.390. The molecule has 1 amide bonds. The van der Waals surface area contributed by atoms with Crippen LogP contribution < -0.4 is 5.32 Å². The fourth-order valence-corrected chi connectivity index (χ4v) is 2.74. The van der Waals surface area contributed by atoms with Crippen LogP contribution in [-0.2, 0) is 17.9 Å². The van der Waals surface area contributed by atoms with Crippen molar-refractivity contribution in [1.29, 1.82) is 0 Å². The van der Waals surface area contributed by atoms with Crippen molar-refractivity contribution in [2.45, 2.75) is 19.5 Å². The molecule has 27 heavy (non-hydrogen) atoms. The molecule has 10 nitrogen and oxygen atoms in total. The molecule has 2 heterocycles. The first kappa shape index (κ1) is 18.6. The van der Waals surface area contributed by atoms with E-state index in [-0.39, 0.29) is 40.9 Å². The number of halogens is 2. The van der Waals surface area contributed by atoms with E-state index in [0.717, 1.165) is 0 Å². The number of hydrogen-bond donors (Lipinski definition) is 1. The summed E-state index contributed by atoms with van der Waals surface area (Å²) >= 11 is 3.04. The monoisotopic (exact) mass is 437 g/mol. The molecule has 0 aliphatic rings. The number of anilines is 1. The molecule has 0 spiro atoms. The number of hydrogen-bond acceptors (Lipinski definition) is 6. The predicted octanol–water partition coefficient (Wildman–Crippen LogP) is 2.36. The molecule has 0 atom stereocenters. The van der Waals surface area contributed by atoms with Crippen molar-refractivity contribution >= 4 is 33.6 Å². The zero-order valence-corrected chi connectivity index (χ0v) is 15.3. The Morgan fingerprint density at radius 3 is 2.85 bits per heavy atom. The van der Waals surface area contributed by atoms with Gasteiger partial charge in [0.15, 0.2) is 0 Å². The summed E-state index contributed by atoms with van der Waals surface area (Å²) in [5.74, 6) is -0.906. The fourth-order valence-electron chi connectivity index (χ4n) is 2.28. The third-order valence-corrected chi connectivity index (χ3v) is 4.02. The lowest BCUT2D eigenvalue weighted by Gasteiger charge is -2.01. The zero-order valence-electron chi connectivity index (χ0n) is 13.7.